The highest BCUT2D eigenvalue weighted by atomic mass is 15.1. The van der Waals surface area contributed by atoms with Crippen molar-refractivity contribution in [3.8, 4) is 39.3 Å². The van der Waals surface area contributed by atoms with Crippen molar-refractivity contribution in [1.29, 1.82) is 0 Å². The molecule has 226 valence electrons. The summed E-state index contributed by atoms with van der Waals surface area (Å²) in [7, 11) is 0. The largest absolute Gasteiger partial charge is 0.278 e. The molecular weight excluding hydrogens is 583 g/mol. The Bertz CT molecular complexity index is 2730. The predicted molar refractivity (Wildman–Crippen MR) is 200 cm³/mol. The number of hydrogen-bond donors (Lipinski definition) is 0. The summed E-state index contributed by atoms with van der Waals surface area (Å²) in [5, 5.41) is 7.49. The highest BCUT2D eigenvalue weighted by molar-refractivity contribution is 6.21. The lowest BCUT2D eigenvalue weighted by Crippen LogP contribution is -2.15. The lowest BCUT2D eigenvalue weighted by Gasteiger charge is -2.22. The van der Waals surface area contributed by atoms with Crippen LogP contribution in [-0.2, 0) is 5.41 Å². The summed E-state index contributed by atoms with van der Waals surface area (Å²) in [5.74, 6) is 0.669. The third-order valence-electron chi connectivity index (χ3n) is 10.5. The van der Waals surface area contributed by atoms with Crippen LogP contribution in [0, 0.1) is 0 Å². The second-order valence-electron chi connectivity index (χ2n) is 13.5. The van der Waals surface area contributed by atoms with Gasteiger partial charge in [-0.3, -0.25) is 4.57 Å². The quantitative estimate of drug-likeness (QED) is 0.198. The van der Waals surface area contributed by atoms with Gasteiger partial charge in [0.1, 0.15) is 0 Å². The average Bonchev–Trinajstić information content (AvgIpc) is 3.60. The lowest BCUT2D eigenvalue weighted by atomic mass is 9.81. The summed E-state index contributed by atoms with van der Waals surface area (Å²) in [6.07, 6.45) is 3.86. The van der Waals surface area contributed by atoms with Crippen molar-refractivity contribution < 1.29 is 0 Å². The van der Waals surface area contributed by atoms with Crippen molar-refractivity contribution in [2.75, 3.05) is 0 Å². The van der Waals surface area contributed by atoms with Crippen molar-refractivity contribution in [2.45, 2.75) is 19.3 Å². The summed E-state index contributed by atoms with van der Waals surface area (Å²) in [5.41, 5.74) is 12.1. The third kappa shape index (κ3) is 3.82. The first-order chi connectivity index (χ1) is 23.6. The molecule has 0 N–H and O–H groups in total. The molecule has 1 aliphatic carbocycles. The average molecular weight is 614 g/mol. The first-order valence-corrected chi connectivity index (χ1v) is 16.6. The third-order valence-corrected chi connectivity index (χ3v) is 10.5. The summed E-state index contributed by atoms with van der Waals surface area (Å²) >= 11 is 0. The Morgan fingerprint density at radius 1 is 0.479 bits per heavy atom. The predicted octanol–water partition coefficient (Wildman–Crippen LogP) is 11.5. The first kappa shape index (κ1) is 27.1. The van der Waals surface area contributed by atoms with E-state index in [0.29, 0.717) is 5.95 Å². The smallest absolute Gasteiger partial charge is 0.234 e. The van der Waals surface area contributed by atoms with Gasteiger partial charge in [-0.05, 0) is 84.8 Å². The van der Waals surface area contributed by atoms with E-state index in [1.54, 1.807) is 0 Å². The van der Waals surface area contributed by atoms with Crippen molar-refractivity contribution in [2.24, 2.45) is 0 Å². The molecule has 9 aromatic rings. The summed E-state index contributed by atoms with van der Waals surface area (Å²) in [4.78, 5) is 9.81. The Kier molecular flexibility index (Phi) is 5.63. The van der Waals surface area contributed by atoms with E-state index >= 15 is 0 Å². The van der Waals surface area contributed by atoms with E-state index in [1.165, 1.54) is 65.7 Å². The molecule has 0 bridgehead atoms. The van der Waals surface area contributed by atoms with Crippen LogP contribution in [0.25, 0.3) is 82.7 Å². The van der Waals surface area contributed by atoms with Crippen molar-refractivity contribution in [1.82, 2.24) is 14.5 Å². The minimum atomic E-state index is -0.0930. The van der Waals surface area contributed by atoms with Crippen LogP contribution >= 0.6 is 0 Å². The van der Waals surface area contributed by atoms with Gasteiger partial charge in [0.25, 0.3) is 0 Å². The Labute approximate surface area is 278 Å². The fourth-order valence-corrected chi connectivity index (χ4v) is 8.09. The second-order valence-corrected chi connectivity index (χ2v) is 13.5. The van der Waals surface area contributed by atoms with E-state index in [2.05, 4.69) is 140 Å². The van der Waals surface area contributed by atoms with E-state index in [4.69, 9.17) is 9.97 Å². The molecule has 0 saturated carbocycles. The van der Waals surface area contributed by atoms with Gasteiger partial charge in [0.05, 0.1) is 11.0 Å². The van der Waals surface area contributed by atoms with E-state index in [1.807, 2.05) is 30.6 Å². The maximum Gasteiger partial charge on any atom is 0.234 e. The zero-order valence-electron chi connectivity index (χ0n) is 26.8. The van der Waals surface area contributed by atoms with Crippen LogP contribution in [0.4, 0.5) is 0 Å². The summed E-state index contributed by atoms with van der Waals surface area (Å²) in [6.45, 7) is 4.73. The van der Waals surface area contributed by atoms with E-state index in [0.717, 1.165) is 22.2 Å². The SMILES string of the molecule is CC1(C)c2cc(-c3ccc4c(c3)c3c5ccccc5ccc3n4-c3ncc(-c4ccccc4)cn3)ccc2-c2c1ccc1ccccc21. The molecule has 3 nitrogen and oxygen atoms in total. The molecule has 1 aliphatic rings. The van der Waals surface area contributed by atoms with Gasteiger partial charge in [0.15, 0.2) is 0 Å². The topological polar surface area (TPSA) is 30.7 Å². The number of rotatable bonds is 3. The molecule has 7 aromatic carbocycles. The molecular formula is C45H31N3. The number of nitrogens with zero attached hydrogens (tertiary/aromatic N) is 3. The molecule has 0 unspecified atom stereocenters. The van der Waals surface area contributed by atoms with Gasteiger partial charge in [-0.15, -0.1) is 0 Å². The summed E-state index contributed by atoms with van der Waals surface area (Å²) < 4.78 is 2.21. The van der Waals surface area contributed by atoms with Gasteiger partial charge in [-0.1, -0.05) is 129 Å². The molecule has 0 fully saturated rings. The highest BCUT2D eigenvalue weighted by Crippen LogP contribution is 2.52. The summed E-state index contributed by atoms with van der Waals surface area (Å²) in [6, 6.07) is 50.7. The van der Waals surface area contributed by atoms with Gasteiger partial charge >= 0.3 is 0 Å². The van der Waals surface area contributed by atoms with Crippen LogP contribution in [0.5, 0.6) is 0 Å². The maximum atomic E-state index is 4.91. The zero-order valence-corrected chi connectivity index (χ0v) is 26.8. The van der Waals surface area contributed by atoms with E-state index in [9.17, 15) is 0 Å². The number of benzene rings is 7. The molecule has 0 atom stereocenters. The molecule has 3 heteroatoms. The van der Waals surface area contributed by atoms with Gasteiger partial charge in [-0.2, -0.15) is 0 Å². The van der Waals surface area contributed by atoms with Crippen LogP contribution in [0.2, 0.25) is 0 Å². The fourth-order valence-electron chi connectivity index (χ4n) is 8.09. The lowest BCUT2D eigenvalue weighted by molar-refractivity contribution is 0.661. The Hall–Kier alpha value is -6.06. The molecule has 0 amide bonds. The molecule has 48 heavy (non-hydrogen) atoms. The van der Waals surface area contributed by atoms with Gasteiger partial charge in [0, 0.05) is 34.1 Å². The molecule has 0 spiro atoms. The standard InChI is InChI=1S/C45H31N3/c1-45(2)38-21-17-29-12-6-8-14-34(29)42(38)36-20-16-32(25-39(36)45)31-19-22-40-37(24-31)43-35-15-9-7-13-30(35)18-23-41(43)48(40)44-46-26-33(27-47-44)28-10-4-3-5-11-28/h3-27H,1-2H3. The maximum absolute atomic E-state index is 4.91. The molecule has 0 aliphatic heterocycles. The van der Waals surface area contributed by atoms with Gasteiger partial charge < -0.3 is 0 Å². The molecule has 10 rings (SSSR count). The van der Waals surface area contributed by atoms with Crippen LogP contribution in [0.3, 0.4) is 0 Å². The normalized spacial score (nSPS) is 13.4. The number of aromatic nitrogens is 3. The molecule has 2 heterocycles. The molecule has 2 aromatic heterocycles. The van der Waals surface area contributed by atoms with Gasteiger partial charge in [-0.25, -0.2) is 9.97 Å². The number of fused-ring (bicyclic) bond motifs is 10. The zero-order chi connectivity index (χ0) is 32.0. The van der Waals surface area contributed by atoms with E-state index < -0.39 is 0 Å². The Balaban J connectivity index is 1.17. The van der Waals surface area contributed by atoms with Crippen LogP contribution in [-0.4, -0.2) is 14.5 Å². The van der Waals surface area contributed by atoms with Gasteiger partial charge in [0.2, 0.25) is 5.95 Å². The molecule has 0 radical (unpaired) electrons. The first-order valence-electron chi connectivity index (χ1n) is 16.6. The van der Waals surface area contributed by atoms with Crippen LogP contribution in [0.1, 0.15) is 25.0 Å². The van der Waals surface area contributed by atoms with Crippen molar-refractivity contribution >= 4 is 43.4 Å². The number of hydrogen-bond acceptors (Lipinski definition) is 2. The molecule has 0 saturated heterocycles. The van der Waals surface area contributed by atoms with Crippen LogP contribution < -0.4 is 0 Å². The monoisotopic (exact) mass is 613 g/mol. The minimum Gasteiger partial charge on any atom is -0.278 e. The minimum absolute atomic E-state index is 0.0930. The highest BCUT2D eigenvalue weighted by Gasteiger charge is 2.36. The Morgan fingerprint density at radius 2 is 1.12 bits per heavy atom. The van der Waals surface area contributed by atoms with Crippen molar-refractivity contribution in [3.63, 3.8) is 0 Å². The van der Waals surface area contributed by atoms with Crippen molar-refractivity contribution in [3.05, 3.63) is 163 Å². The fraction of sp³-hybridized carbons (Fsp3) is 0.0667. The van der Waals surface area contributed by atoms with E-state index in [-0.39, 0.29) is 5.41 Å². The Morgan fingerprint density at radius 3 is 1.94 bits per heavy atom. The van der Waals surface area contributed by atoms with Crippen LogP contribution in [0.15, 0.2) is 152 Å². The second kappa shape index (κ2) is 9.97.